The van der Waals surface area contributed by atoms with E-state index >= 15 is 0 Å². The molecule has 0 rings (SSSR count). The molecule has 3 N–H and O–H groups in total. The molecule has 0 saturated carbocycles. The predicted octanol–water partition coefficient (Wildman–Crippen LogP) is 14.7. The van der Waals surface area contributed by atoms with Crippen LogP contribution < -0.4 is 0 Å². The molecule has 0 spiro atoms. The highest BCUT2D eigenvalue weighted by Gasteiger charge is 2.26. The number of phosphoric acid groups is 1. The van der Waals surface area contributed by atoms with Crippen LogP contribution in [-0.4, -0.2) is 66.3 Å². The highest BCUT2D eigenvalue weighted by atomic mass is 31.2. The first-order valence-corrected chi connectivity index (χ1v) is 26.8. The van der Waals surface area contributed by atoms with Gasteiger partial charge in [-0.25, -0.2) is 4.57 Å². The second kappa shape index (κ2) is 48.6. The molecule has 10 heteroatoms. The van der Waals surface area contributed by atoms with Gasteiger partial charge in [0.2, 0.25) is 0 Å². The lowest BCUT2D eigenvalue weighted by Crippen LogP contribution is -2.29. The molecule has 0 aliphatic heterocycles. The lowest BCUT2D eigenvalue weighted by Gasteiger charge is -2.20. The third kappa shape index (κ3) is 47.6. The summed E-state index contributed by atoms with van der Waals surface area (Å²) in [6.07, 6.45) is 57.5. The zero-order valence-electron chi connectivity index (χ0n) is 39.8. The van der Waals surface area contributed by atoms with Crippen molar-refractivity contribution in [1.29, 1.82) is 0 Å². The monoisotopic (exact) mass is 895 g/mol. The number of esters is 1. The van der Waals surface area contributed by atoms with Gasteiger partial charge < -0.3 is 24.6 Å². The van der Waals surface area contributed by atoms with Crippen LogP contribution in [0.15, 0.2) is 60.8 Å². The first kappa shape index (κ1) is 60.2. The highest BCUT2D eigenvalue weighted by molar-refractivity contribution is 7.47. The second-order valence-corrected chi connectivity index (χ2v) is 18.3. The quantitative estimate of drug-likeness (QED) is 0.0236. The van der Waals surface area contributed by atoms with Gasteiger partial charge in [-0.15, -0.1) is 0 Å². The third-order valence-electron chi connectivity index (χ3n) is 10.7. The molecule has 0 aromatic heterocycles. The van der Waals surface area contributed by atoms with Crippen molar-refractivity contribution in [3.8, 4) is 0 Å². The van der Waals surface area contributed by atoms with E-state index in [1.54, 1.807) is 0 Å². The van der Waals surface area contributed by atoms with Crippen molar-refractivity contribution >= 4 is 13.8 Å². The molecular formula is C52H95O9P. The number of aliphatic hydroxyl groups is 2. The maximum Gasteiger partial charge on any atom is 0.472 e. The molecule has 9 nitrogen and oxygen atoms in total. The minimum Gasteiger partial charge on any atom is -0.457 e. The first-order valence-electron chi connectivity index (χ1n) is 25.3. The minimum atomic E-state index is -4.53. The standard InChI is InChI=1S/C52H95O9P/c1-3-5-7-9-11-13-15-17-19-21-23-24-25-26-27-28-30-32-34-36-38-40-42-44-52(55)61-51(49-60-62(56,57)59-47-50(54)46-53)48-58-45-43-41-39-37-35-33-31-29-22-20-18-16-14-12-10-8-6-4-2/h6,8,12,14-15,17-18,20-21,23,50-51,53-54H,3-5,7,9-11,13,16,19,22,24-49H2,1-2H3,(H,56,57)/b8-6-,14-12-,17-15-,20-18-,23-21-. The number of aliphatic hydroxyl groups excluding tert-OH is 2. The molecule has 0 fully saturated rings. The zero-order chi connectivity index (χ0) is 45.3. The third-order valence-corrected chi connectivity index (χ3v) is 11.6. The van der Waals surface area contributed by atoms with Gasteiger partial charge in [-0.05, 0) is 77.0 Å². The summed E-state index contributed by atoms with van der Waals surface area (Å²) in [5.41, 5.74) is 0. The van der Waals surface area contributed by atoms with Gasteiger partial charge in [-0.1, -0.05) is 197 Å². The van der Waals surface area contributed by atoms with Crippen LogP contribution in [0.5, 0.6) is 0 Å². The van der Waals surface area contributed by atoms with Gasteiger partial charge in [-0.3, -0.25) is 13.8 Å². The molecule has 0 aromatic rings. The summed E-state index contributed by atoms with van der Waals surface area (Å²) in [6, 6.07) is 0. The molecule has 0 saturated heterocycles. The number of hydrogen-bond acceptors (Lipinski definition) is 8. The average Bonchev–Trinajstić information content (AvgIpc) is 3.26. The number of hydrogen-bond donors (Lipinski definition) is 3. The van der Waals surface area contributed by atoms with Crippen LogP contribution in [0.1, 0.15) is 219 Å². The summed E-state index contributed by atoms with van der Waals surface area (Å²) in [5, 5.41) is 18.4. The van der Waals surface area contributed by atoms with Crippen molar-refractivity contribution in [1.82, 2.24) is 0 Å². The normalized spacial score (nSPS) is 14.3. The number of ether oxygens (including phenoxy) is 2. The van der Waals surface area contributed by atoms with E-state index in [1.807, 2.05) is 0 Å². The molecular weight excluding hydrogens is 800 g/mol. The molecule has 3 unspecified atom stereocenters. The van der Waals surface area contributed by atoms with Gasteiger partial charge in [0, 0.05) is 13.0 Å². The van der Waals surface area contributed by atoms with Crippen molar-refractivity contribution in [2.75, 3.05) is 33.0 Å². The SMILES string of the molecule is CC/C=C\C/C=C\C/C=C\CCCCCCCCCCOCC(COP(=O)(O)OCC(O)CO)OC(=O)CCCCCCCCCCCCC/C=C\C/C=C\CCCCCCC. The van der Waals surface area contributed by atoms with E-state index in [0.29, 0.717) is 6.61 Å². The summed E-state index contributed by atoms with van der Waals surface area (Å²) >= 11 is 0. The van der Waals surface area contributed by atoms with Crippen LogP contribution in [0.4, 0.5) is 0 Å². The fourth-order valence-corrected chi connectivity index (χ4v) is 7.66. The van der Waals surface area contributed by atoms with Crippen LogP contribution in [0.3, 0.4) is 0 Å². The molecule has 0 bridgehead atoms. The molecule has 0 aromatic carbocycles. The topological polar surface area (TPSA) is 132 Å². The van der Waals surface area contributed by atoms with E-state index in [0.717, 1.165) is 70.6 Å². The van der Waals surface area contributed by atoms with Gasteiger partial charge in [0.25, 0.3) is 0 Å². The number of unbranched alkanes of at least 4 members (excludes halogenated alkanes) is 24. The van der Waals surface area contributed by atoms with E-state index in [2.05, 4.69) is 74.6 Å². The number of carbonyl (C=O) groups excluding carboxylic acids is 1. The van der Waals surface area contributed by atoms with Gasteiger partial charge in [0.15, 0.2) is 0 Å². The van der Waals surface area contributed by atoms with Gasteiger partial charge >= 0.3 is 13.8 Å². The van der Waals surface area contributed by atoms with E-state index in [-0.39, 0.29) is 25.6 Å². The van der Waals surface area contributed by atoms with Crippen molar-refractivity contribution in [3.05, 3.63) is 60.8 Å². The van der Waals surface area contributed by atoms with E-state index in [9.17, 15) is 19.4 Å². The van der Waals surface area contributed by atoms with Crippen LogP contribution in [-0.2, 0) is 27.9 Å². The molecule has 0 amide bonds. The molecule has 62 heavy (non-hydrogen) atoms. The van der Waals surface area contributed by atoms with Crippen LogP contribution >= 0.6 is 7.82 Å². The maximum absolute atomic E-state index is 12.7. The number of rotatable bonds is 48. The Labute approximate surface area is 380 Å². The Kier molecular flexibility index (Phi) is 47.2. The largest absolute Gasteiger partial charge is 0.472 e. The smallest absolute Gasteiger partial charge is 0.457 e. The summed E-state index contributed by atoms with van der Waals surface area (Å²) in [5.74, 6) is -0.387. The van der Waals surface area contributed by atoms with Gasteiger partial charge in [0.05, 0.1) is 26.4 Å². The molecule has 362 valence electrons. The molecule has 0 aliphatic rings. The molecule has 0 heterocycles. The highest BCUT2D eigenvalue weighted by Crippen LogP contribution is 2.43. The Balaban J connectivity index is 4.09. The maximum atomic E-state index is 12.7. The Hall–Kier alpha value is -1.84. The fraction of sp³-hybridized carbons (Fsp3) is 0.788. The zero-order valence-corrected chi connectivity index (χ0v) is 40.7. The van der Waals surface area contributed by atoms with Crippen LogP contribution in [0, 0.1) is 0 Å². The predicted molar refractivity (Wildman–Crippen MR) is 260 cm³/mol. The Bertz CT molecular complexity index is 1150. The lowest BCUT2D eigenvalue weighted by atomic mass is 10.0. The van der Waals surface area contributed by atoms with E-state index in [4.69, 9.17) is 23.6 Å². The van der Waals surface area contributed by atoms with Crippen molar-refractivity contribution in [2.45, 2.75) is 232 Å². The van der Waals surface area contributed by atoms with Gasteiger partial charge in [-0.2, -0.15) is 0 Å². The Morgan fingerprint density at radius 2 is 0.919 bits per heavy atom. The molecule has 0 aliphatic carbocycles. The average molecular weight is 895 g/mol. The Morgan fingerprint density at radius 3 is 1.39 bits per heavy atom. The first-order chi connectivity index (χ1) is 30.3. The van der Waals surface area contributed by atoms with E-state index < -0.39 is 33.2 Å². The van der Waals surface area contributed by atoms with Crippen molar-refractivity contribution in [3.63, 3.8) is 0 Å². The lowest BCUT2D eigenvalue weighted by molar-refractivity contribution is -0.154. The van der Waals surface area contributed by atoms with Crippen molar-refractivity contribution in [2.24, 2.45) is 0 Å². The fourth-order valence-electron chi connectivity index (χ4n) is 6.87. The summed E-state index contributed by atoms with van der Waals surface area (Å²) in [6.45, 7) is 3.40. The number of carbonyl (C=O) groups is 1. The number of phosphoric ester groups is 1. The second-order valence-electron chi connectivity index (χ2n) is 16.8. The summed E-state index contributed by atoms with van der Waals surface area (Å²) in [7, 11) is -4.53. The van der Waals surface area contributed by atoms with Crippen LogP contribution in [0.2, 0.25) is 0 Å². The molecule has 3 atom stereocenters. The Morgan fingerprint density at radius 1 is 0.516 bits per heavy atom. The van der Waals surface area contributed by atoms with Crippen LogP contribution in [0.25, 0.3) is 0 Å². The summed E-state index contributed by atoms with van der Waals surface area (Å²) < 4.78 is 33.5. The molecule has 0 radical (unpaired) electrons. The summed E-state index contributed by atoms with van der Waals surface area (Å²) in [4.78, 5) is 22.7. The minimum absolute atomic E-state index is 0.0420. The number of allylic oxidation sites excluding steroid dienone is 10. The van der Waals surface area contributed by atoms with Crippen molar-refractivity contribution < 1.29 is 43.0 Å². The van der Waals surface area contributed by atoms with Gasteiger partial charge in [0.1, 0.15) is 12.2 Å². The van der Waals surface area contributed by atoms with E-state index in [1.165, 1.54) is 128 Å².